The zero-order valence-corrected chi connectivity index (χ0v) is 18.4. The normalized spacial score (nSPS) is 16.2. The van der Waals surface area contributed by atoms with Crippen molar-refractivity contribution in [1.82, 2.24) is 9.78 Å². The van der Waals surface area contributed by atoms with Gasteiger partial charge in [-0.05, 0) is 48.7 Å². The average molecular weight is 441 g/mol. The first-order valence-electron chi connectivity index (χ1n) is 10.3. The maximum Gasteiger partial charge on any atom is 0.199 e. The molecule has 0 aliphatic carbocycles. The number of carbonyl (C=O) groups is 1. The van der Waals surface area contributed by atoms with E-state index in [1.165, 1.54) is 6.92 Å². The summed E-state index contributed by atoms with van der Waals surface area (Å²) in [7, 11) is 1.59. The monoisotopic (exact) mass is 440 g/mol. The summed E-state index contributed by atoms with van der Waals surface area (Å²) in [5.41, 5.74) is 3.02. The van der Waals surface area contributed by atoms with Gasteiger partial charge in [0.05, 0.1) is 24.4 Å². The van der Waals surface area contributed by atoms with Gasteiger partial charge in [0.1, 0.15) is 17.2 Å². The number of ether oxygens (including phenoxy) is 3. The molecule has 1 saturated heterocycles. The number of methoxy groups -OCH3 is 1. The first kappa shape index (κ1) is 21.4. The number of ketones is 1. The molecule has 0 spiro atoms. The zero-order chi connectivity index (χ0) is 21.8. The number of aromatic nitrogens is 2. The Bertz CT molecular complexity index is 1060. The Morgan fingerprint density at radius 1 is 1.16 bits per heavy atom. The van der Waals surface area contributed by atoms with Crippen LogP contribution >= 0.6 is 11.6 Å². The predicted octanol–water partition coefficient (Wildman–Crippen LogP) is 5.23. The molecule has 1 aliphatic heterocycles. The largest absolute Gasteiger partial charge is 0.497 e. The molecule has 1 atom stereocenters. The van der Waals surface area contributed by atoms with Gasteiger partial charge in [-0.2, -0.15) is 5.10 Å². The molecular formula is C24H25ClN2O4. The Balaban J connectivity index is 1.57. The van der Waals surface area contributed by atoms with Crippen molar-refractivity contribution < 1.29 is 19.0 Å². The highest BCUT2D eigenvalue weighted by Gasteiger charge is 2.17. The number of Topliss-reactive ketones (excluding diaryl/α,β-unsaturated/α-hetero) is 1. The van der Waals surface area contributed by atoms with Crippen LogP contribution in [0.4, 0.5) is 0 Å². The molecule has 1 fully saturated rings. The molecule has 3 aromatic rings. The summed E-state index contributed by atoms with van der Waals surface area (Å²) in [6.07, 6.45) is 3.54. The lowest BCUT2D eigenvalue weighted by molar-refractivity contribution is -0.105. The smallest absolute Gasteiger partial charge is 0.199 e. The van der Waals surface area contributed by atoms with E-state index in [0.717, 1.165) is 42.9 Å². The Morgan fingerprint density at radius 3 is 2.58 bits per heavy atom. The van der Waals surface area contributed by atoms with E-state index in [0.29, 0.717) is 28.6 Å². The van der Waals surface area contributed by atoms with Crippen molar-refractivity contribution in [2.75, 3.05) is 13.7 Å². The lowest BCUT2D eigenvalue weighted by Gasteiger charge is -2.23. The van der Waals surface area contributed by atoms with Crippen molar-refractivity contribution in [3.05, 3.63) is 70.5 Å². The highest BCUT2D eigenvalue weighted by Crippen LogP contribution is 2.28. The van der Waals surface area contributed by atoms with E-state index < -0.39 is 0 Å². The molecule has 6 nitrogen and oxygen atoms in total. The molecule has 1 aliphatic rings. The van der Waals surface area contributed by atoms with E-state index in [4.69, 9.17) is 25.8 Å². The summed E-state index contributed by atoms with van der Waals surface area (Å²) in [5, 5.41) is 4.98. The topological polar surface area (TPSA) is 62.6 Å². The molecule has 1 unspecified atom stereocenters. The van der Waals surface area contributed by atoms with Crippen LogP contribution in [-0.4, -0.2) is 35.6 Å². The third-order valence-corrected chi connectivity index (χ3v) is 5.54. The summed E-state index contributed by atoms with van der Waals surface area (Å²) in [5.74, 6) is 1.35. The second-order valence-corrected chi connectivity index (χ2v) is 7.95. The van der Waals surface area contributed by atoms with Gasteiger partial charge >= 0.3 is 0 Å². The van der Waals surface area contributed by atoms with Gasteiger partial charge in [0, 0.05) is 31.5 Å². The molecule has 7 heteroatoms. The molecule has 162 valence electrons. The Labute approximate surface area is 186 Å². The van der Waals surface area contributed by atoms with Gasteiger partial charge in [-0.3, -0.25) is 4.79 Å². The van der Waals surface area contributed by atoms with E-state index in [-0.39, 0.29) is 12.1 Å². The fourth-order valence-corrected chi connectivity index (χ4v) is 3.81. The lowest BCUT2D eigenvalue weighted by Crippen LogP contribution is -2.24. The summed E-state index contributed by atoms with van der Waals surface area (Å²) < 4.78 is 18.5. The zero-order valence-electron chi connectivity index (χ0n) is 17.6. The third kappa shape index (κ3) is 5.09. The highest BCUT2D eigenvalue weighted by molar-refractivity contribution is 6.32. The van der Waals surface area contributed by atoms with Crippen molar-refractivity contribution in [1.29, 1.82) is 0 Å². The molecule has 1 aromatic heterocycles. The van der Waals surface area contributed by atoms with Crippen LogP contribution < -0.4 is 9.47 Å². The summed E-state index contributed by atoms with van der Waals surface area (Å²) >= 11 is 6.47. The molecule has 0 N–H and O–H groups in total. The van der Waals surface area contributed by atoms with Crippen LogP contribution in [0, 0.1) is 0 Å². The van der Waals surface area contributed by atoms with Crippen LogP contribution in [0.1, 0.15) is 47.9 Å². The molecule has 31 heavy (non-hydrogen) atoms. The van der Waals surface area contributed by atoms with Gasteiger partial charge in [-0.25, -0.2) is 4.68 Å². The van der Waals surface area contributed by atoms with Gasteiger partial charge in [-0.15, -0.1) is 0 Å². The molecule has 0 radical (unpaired) electrons. The number of nitrogens with zero attached hydrogens (tertiary/aromatic N) is 2. The quantitative estimate of drug-likeness (QED) is 0.470. The first-order chi connectivity index (χ1) is 15.0. The van der Waals surface area contributed by atoms with Crippen LogP contribution in [-0.2, 0) is 11.2 Å². The highest BCUT2D eigenvalue weighted by atomic mass is 35.5. The van der Waals surface area contributed by atoms with Gasteiger partial charge < -0.3 is 14.2 Å². The van der Waals surface area contributed by atoms with Gasteiger partial charge in [-0.1, -0.05) is 23.7 Å². The van der Waals surface area contributed by atoms with Gasteiger partial charge in [0.25, 0.3) is 0 Å². The Hall–Kier alpha value is -2.83. The maximum absolute atomic E-state index is 12.0. The van der Waals surface area contributed by atoms with E-state index in [1.54, 1.807) is 17.9 Å². The van der Waals surface area contributed by atoms with Crippen molar-refractivity contribution in [2.24, 2.45) is 0 Å². The molecule has 0 bridgehead atoms. The fraction of sp³-hybridized carbons (Fsp3) is 0.333. The van der Waals surface area contributed by atoms with Crippen LogP contribution in [0.3, 0.4) is 0 Å². The second-order valence-electron chi connectivity index (χ2n) is 7.54. The fourth-order valence-electron chi connectivity index (χ4n) is 3.56. The molecular weight excluding hydrogens is 416 g/mol. The summed E-state index contributed by atoms with van der Waals surface area (Å²) in [6.45, 7) is 2.25. The molecule has 0 saturated carbocycles. The standard InChI is InChI=1S/C24H25ClN2O4/c1-16(28)22-14-18(27(26-22)23-11-10-20(29-2)15-21(23)25)13-17-6-8-19(9-7-17)31-24-5-3-4-12-30-24/h6-11,14-15,24H,3-5,12-13H2,1-2H3. The Kier molecular flexibility index (Phi) is 6.59. The average Bonchev–Trinajstić information content (AvgIpc) is 3.19. The van der Waals surface area contributed by atoms with E-state index in [1.807, 2.05) is 42.5 Å². The van der Waals surface area contributed by atoms with E-state index in [2.05, 4.69) is 5.10 Å². The minimum atomic E-state index is -0.170. The van der Waals surface area contributed by atoms with E-state index >= 15 is 0 Å². The van der Waals surface area contributed by atoms with Crippen molar-refractivity contribution in [3.8, 4) is 17.2 Å². The number of halogens is 1. The van der Waals surface area contributed by atoms with E-state index in [9.17, 15) is 4.79 Å². The SMILES string of the molecule is COc1ccc(-n2nc(C(C)=O)cc2Cc2ccc(OC3CCCCO3)cc2)c(Cl)c1. The van der Waals surface area contributed by atoms with Crippen molar-refractivity contribution in [2.45, 2.75) is 38.9 Å². The Morgan fingerprint density at radius 2 is 1.94 bits per heavy atom. The van der Waals surface area contributed by atoms with Crippen molar-refractivity contribution in [3.63, 3.8) is 0 Å². The van der Waals surface area contributed by atoms with Crippen LogP contribution in [0.15, 0.2) is 48.5 Å². The molecule has 4 rings (SSSR count). The number of benzene rings is 2. The molecule has 0 amide bonds. The van der Waals surface area contributed by atoms with Gasteiger partial charge in [0.2, 0.25) is 0 Å². The summed E-state index contributed by atoms with van der Waals surface area (Å²) in [6, 6.07) is 15.1. The third-order valence-electron chi connectivity index (χ3n) is 5.24. The minimum Gasteiger partial charge on any atom is -0.497 e. The lowest BCUT2D eigenvalue weighted by atomic mass is 10.1. The molecule has 2 heterocycles. The predicted molar refractivity (Wildman–Crippen MR) is 119 cm³/mol. The van der Waals surface area contributed by atoms with Crippen LogP contribution in [0.5, 0.6) is 11.5 Å². The minimum absolute atomic E-state index is 0.0964. The first-order valence-corrected chi connectivity index (χ1v) is 10.7. The summed E-state index contributed by atoms with van der Waals surface area (Å²) in [4.78, 5) is 12.0. The number of carbonyl (C=O) groups excluding carboxylic acids is 1. The number of hydrogen-bond acceptors (Lipinski definition) is 5. The number of hydrogen-bond donors (Lipinski definition) is 0. The second kappa shape index (κ2) is 9.54. The molecule has 2 aromatic carbocycles. The van der Waals surface area contributed by atoms with Crippen LogP contribution in [0.2, 0.25) is 5.02 Å². The number of rotatable bonds is 7. The van der Waals surface area contributed by atoms with Crippen molar-refractivity contribution >= 4 is 17.4 Å². The van der Waals surface area contributed by atoms with Crippen LogP contribution in [0.25, 0.3) is 5.69 Å². The van der Waals surface area contributed by atoms with Gasteiger partial charge in [0.15, 0.2) is 12.1 Å². The maximum atomic E-state index is 12.0.